The molecule has 4 rings (SSSR count). The lowest BCUT2D eigenvalue weighted by atomic mass is 10.0. The van der Waals surface area contributed by atoms with E-state index in [-0.39, 0.29) is 0 Å². The summed E-state index contributed by atoms with van der Waals surface area (Å²) in [5.74, 6) is 1.72. The Morgan fingerprint density at radius 1 is 1.13 bits per heavy atom. The van der Waals surface area contributed by atoms with E-state index in [1.54, 1.807) is 13.2 Å². The molecule has 0 spiro atoms. The average molecular weight is 303 g/mol. The van der Waals surface area contributed by atoms with Crippen LogP contribution in [0.4, 0.5) is 0 Å². The van der Waals surface area contributed by atoms with Crippen molar-refractivity contribution in [1.82, 2.24) is 4.98 Å². The van der Waals surface area contributed by atoms with Crippen molar-refractivity contribution in [2.75, 3.05) is 7.11 Å². The van der Waals surface area contributed by atoms with E-state index in [2.05, 4.69) is 30.6 Å². The minimum Gasteiger partial charge on any atom is -0.497 e. The second-order valence-corrected chi connectivity index (χ2v) is 5.58. The summed E-state index contributed by atoms with van der Waals surface area (Å²) in [6, 6.07) is 10.2. The van der Waals surface area contributed by atoms with Gasteiger partial charge in [0, 0.05) is 33.3 Å². The highest BCUT2D eigenvalue weighted by Gasteiger charge is 2.15. The van der Waals surface area contributed by atoms with Gasteiger partial charge in [0.05, 0.1) is 12.6 Å². The summed E-state index contributed by atoms with van der Waals surface area (Å²) >= 11 is 0. The number of aryl methyl sites for hydroxylation is 1. The number of furan rings is 1. The third-order valence-corrected chi connectivity index (χ3v) is 4.28. The monoisotopic (exact) mass is 303 g/mol. The van der Waals surface area contributed by atoms with Crippen LogP contribution >= 0.6 is 0 Å². The molecule has 0 aliphatic heterocycles. The van der Waals surface area contributed by atoms with E-state index in [9.17, 15) is 0 Å². The third kappa shape index (κ3) is 1.97. The largest absolute Gasteiger partial charge is 0.497 e. The normalized spacial score (nSPS) is 11.9. The Kier molecular flexibility index (Phi) is 3.01. The van der Waals surface area contributed by atoms with E-state index in [0.717, 1.165) is 39.1 Å². The lowest BCUT2D eigenvalue weighted by Crippen LogP contribution is -1.81. The summed E-state index contributed by atoms with van der Waals surface area (Å²) in [6.45, 7) is 5.81. The van der Waals surface area contributed by atoms with Crippen molar-refractivity contribution in [1.29, 1.82) is 0 Å². The molecule has 0 unspecified atom stereocenters. The Balaban J connectivity index is 2.12. The van der Waals surface area contributed by atoms with Gasteiger partial charge in [0.25, 0.3) is 0 Å². The van der Waals surface area contributed by atoms with Crippen molar-refractivity contribution in [3.05, 3.63) is 60.4 Å². The molecular weight excluding hydrogens is 286 g/mol. The van der Waals surface area contributed by atoms with Crippen LogP contribution in [0, 0.1) is 6.92 Å². The highest BCUT2D eigenvalue weighted by molar-refractivity contribution is 6.20. The van der Waals surface area contributed by atoms with Gasteiger partial charge in [-0.1, -0.05) is 18.7 Å². The van der Waals surface area contributed by atoms with Crippen LogP contribution in [0.2, 0.25) is 0 Å². The maximum Gasteiger partial charge on any atom is 0.135 e. The van der Waals surface area contributed by atoms with Crippen LogP contribution in [-0.2, 0) is 0 Å². The van der Waals surface area contributed by atoms with Crippen LogP contribution in [0.25, 0.3) is 38.9 Å². The number of fused-ring (bicyclic) bond motifs is 5. The zero-order valence-corrected chi connectivity index (χ0v) is 13.1. The van der Waals surface area contributed by atoms with Crippen LogP contribution in [0.5, 0.6) is 5.75 Å². The number of ether oxygens (including phenoxy) is 1. The molecule has 3 heteroatoms. The van der Waals surface area contributed by atoms with Crippen LogP contribution in [0.1, 0.15) is 11.3 Å². The molecule has 4 aromatic rings. The van der Waals surface area contributed by atoms with Crippen LogP contribution in [-0.4, -0.2) is 12.1 Å². The lowest BCUT2D eigenvalue weighted by Gasteiger charge is -1.99. The van der Waals surface area contributed by atoms with Gasteiger partial charge >= 0.3 is 0 Å². The minimum absolute atomic E-state index is 0.846. The minimum atomic E-state index is 0.846. The summed E-state index contributed by atoms with van der Waals surface area (Å²) in [5.41, 5.74) is 4.20. The smallest absolute Gasteiger partial charge is 0.135 e. The summed E-state index contributed by atoms with van der Waals surface area (Å²) < 4.78 is 11.3. The molecular formula is C20H17NO2. The van der Waals surface area contributed by atoms with Crippen molar-refractivity contribution in [2.24, 2.45) is 0 Å². The Morgan fingerprint density at radius 3 is 2.78 bits per heavy atom. The van der Waals surface area contributed by atoms with Gasteiger partial charge in [0.15, 0.2) is 0 Å². The van der Waals surface area contributed by atoms with Crippen LogP contribution in [0.3, 0.4) is 0 Å². The molecule has 0 bridgehead atoms. The number of aromatic nitrogens is 1. The number of hydrogen-bond donors (Lipinski definition) is 1. The molecule has 3 nitrogen and oxygen atoms in total. The van der Waals surface area contributed by atoms with Crippen molar-refractivity contribution in [2.45, 2.75) is 6.92 Å². The Labute approximate surface area is 133 Å². The fraction of sp³-hybridized carbons (Fsp3) is 0.100. The average Bonchev–Trinajstić information content (AvgIpc) is 3.09. The lowest BCUT2D eigenvalue weighted by molar-refractivity contribution is 0.415. The van der Waals surface area contributed by atoms with Crippen LogP contribution in [0.15, 0.2) is 53.5 Å². The SMILES string of the molecule is C=C/C=C\c1oc2ccc3[nH]c4cc(OC)ccc4c3c2c1C. The van der Waals surface area contributed by atoms with Crippen molar-refractivity contribution >= 4 is 38.9 Å². The topological polar surface area (TPSA) is 38.2 Å². The molecule has 0 aliphatic rings. The molecule has 1 N–H and O–H groups in total. The Morgan fingerprint density at radius 2 is 2.00 bits per heavy atom. The van der Waals surface area contributed by atoms with Crippen molar-refractivity contribution < 1.29 is 9.15 Å². The number of rotatable bonds is 3. The van der Waals surface area contributed by atoms with E-state index in [1.807, 2.05) is 30.4 Å². The third-order valence-electron chi connectivity index (χ3n) is 4.28. The van der Waals surface area contributed by atoms with E-state index in [0.29, 0.717) is 0 Å². The zero-order valence-electron chi connectivity index (χ0n) is 13.1. The molecule has 0 atom stereocenters. The fourth-order valence-electron chi connectivity index (χ4n) is 3.17. The molecule has 2 aromatic heterocycles. The number of benzene rings is 2. The van der Waals surface area contributed by atoms with Gasteiger partial charge in [-0.2, -0.15) is 0 Å². The summed E-state index contributed by atoms with van der Waals surface area (Å²) in [6.07, 6.45) is 5.59. The number of nitrogens with one attached hydrogen (secondary N) is 1. The maximum absolute atomic E-state index is 6.00. The molecule has 0 amide bonds. The second kappa shape index (κ2) is 5.06. The van der Waals surface area contributed by atoms with Gasteiger partial charge < -0.3 is 14.1 Å². The highest BCUT2D eigenvalue weighted by atomic mass is 16.5. The van der Waals surface area contributed by atoms with E-state index < -0.39 is 0 Å². The summed E-state index contributed by atoms with van der Waals surface area (Å²) in [7, 11) is 1.68. The van der Waals surface area contributed by atoms with Gasteiger partial charge in [-0.05, 0) is 37.3 Å². The van der Waals surface area contributed by atoms with Gasteiger partial charge in [-0.3, -0.25) is 0 Å². The zero-order chi connectivity index (χ0) is 16.0. The first-order valence-corrected chi connectivity index (χ1v) is 7.53. The predicted molar refractivity (Wildman–Crippen MR) is 96.1 cm³/mol. The van der Waals surface area contributed by atoms with E-state index >= 15 is 0 Å². The van der Waals surface area contributed by atoms with E-state index in [1.165, 1.54) is 10.8 Å². The number of methoxy groups -OCH3 is 1. The molecule has 0 saturated carbocycles. The summed E-state index contributed by atoms with van der Waals surface area (Å²) in [4.78, 5) is 3.47. The first-order chi connectivity index (χ1) is 11.2. The first-order valence-electron chi connectivity index (χ1n) is 7.53. The van der Waals surface area contributed by atoms with Crippen molar-refractivity contribution in [3.63, 3.8) is 0 Å². The standard InChI is InChI=1S/C20H17NO2/c1-4-5-6-17-12(2)19-18(23-17)10-9-15-20(19)14-8-7-13(22-3)11-16(14)21-15/h4-11,21H,1H2,2-3H3/b6-5-. The molecule has 0 saturated heterocycles. The van der Waals surface area contributed by atoms with Gasteiger partial charge in [0.1, 0.15) is 17.1 Å². The van der Waals surface area contributed by atoms with Gasteiger partial charge in [-0.15, -0.1) is 0 Å². The maximum atomic E-state index is 6.00. The number of allylic oxidation sites excluding steroid dienone is 2. The Hall–Kier alpha value is -2.94. The first kappa shape index (κ1) is 13.7. The summed E-state index contributed by atoms with van der Waals surface area (Å²) in [5, 5.41) is 3.52. The second-order valence-electron chi connectivity index (χ2n) is 5.58. The molecule has 0 aliphatic carbocycles. The van der Waals surface area contributed by atoms with E-state index in [4.69, 9.17) is 9.15 Å². The van der Waals surface area contributed by atoms with Gasteiger partial charge in [0.2, 0.25) is 0 Å². The fourth-order valence-corrected chi connectivity index (χ4v) is 3.17. The van der Waals surface area contributed by atoms with Crippen LogP contribution < -0.4 is 4.74 Å². The number of aromatic amines is 1. The highest BCUT2D eigenvalue weighted by Crippen LogP contribution is 2.37. The quantitative estimate of drug-likeness (QED) is 0.501. The molecule has 0 radical (unpaired) electrons. The number of hydrogen-bond acceptors (Lipinski definition) is 2. The molecule has 2 heterocycles. The van der Waals surface area contributed by atoms with Gasteiger partial charge in [-0.25, -0.2) is 0 Å². The number of H-pyrrole nitrogens is 1. The molecule has 0 fully saturated rings. The Bertz CT molecular complexity index is 1080. The van der Waals surface area contributed by atoms with Crippen molar-refractivity contribution in [3.8, 4) is 5.75 Å². The predicted octanol–water partition coefficient (Wildman–Crippen LogP) is 5.58. The molecule has 114 valence electrons. The molecule has 23 heavy (non-hydrogen) atoms. The molecule has 2 aromatic carbocycles.